The summed E-state index contributed by atoms with van der Waals surface area (Å²) < 4.78 is 0. The number of hydrogen-bond donors (Lipinski definition) is 2. The van der Waals surface area contributed by atoms with Crippen molar-refractivity contribution in [3.8, 4) is 0 Å². The van der Waals surface area contributed by atoms with Gasteiger partial charge in [0, 0.05) is 19.3 Å². The lowest BCUT2D eigenvalue weighted by Crippen LogP contribution is -2.40. The van der Waals surface area contributed by atoms with E-state index in [1.165, 1.54) is 4.90 Å². The number of hydrogen-bond acceptors (Lipinski definition) is 2. The predicted molar refractivity (Wildman–Crippen MR) is 65.0 cm³/mol. The van der Waals surface area contributed by atoms with E-state index in [9.17, 15) is 9.59 Å². The summed E-state index contributed by atoms with van der Waals surface area (Å²) in [6.45, 7) is 1.66. The Kier molecular flexibility index (Phi) is 4.51. The smallest absolute Gasteiger partial charge is 0.321 e. The monoisotopic (exact) mass is 236 g/mol. The van der Waals surface area contributed by atoms with Crippen LogP contribution < -0.4 is 10.2 Å². The highest BCUT2D eigenvalue weighted by molar-refractivity contribution is 5.91. The van der Waals surface area contributed by atoms with Crippen molar-refractivity contribution < 1.29 is 14.7 Å². The second-order valence-electron chi connectivity index (χ2n) is 3.82. The summed E-state index contributed by atoms with van der Waals surface area (Å²) >= 11 is 0. The van der Waals surface area contributed by atoms with Gasteiger partial charge in [-0.15, -0.1) is 0 Å². The molecule has 0 aliphatic heterocycles. The summed E-state index contributed by atoms with van der Waals surface area (Å²) in [5, 5.41) is 11.3. The Labute approximate surface area is 100 Å². The Hall–Kier alpha value is -2.04. The second-order valence-corrected chi connectivity index (χ2v) is 3.82. The van der Waals surface area contributed by atoms with E-state index in [1.807, 2.05) is 18.2 Å². The highest BCUT2D eigenvalue weighted by Gasteiger charge is 2.14. The molecule has 0 saturated heterocycles. The Morgan fingerprint density at radius 2 is 1.94 bits per heavy atom. The largest absolute Gasteiger partial charge is 0.481 e. The summed E-state index contributed by atoms with van der Waals surface area (Å²) in [5.74, 6) is -1.52. The Morgan fingerprint density at radius 1 is 1.35 bits per heavy atom. The van der Waals surface area contributed by atoms with Gasteiger partial charge < -0.3 is 10.4 Å². The molecule has 5 nitrogen and oxygen atoms in total. The van der Waals surface area contributed by atoms with Crippen LogP contribution in [0.3, 0.4) is 0 Å². The average Bonchev–Trinajstić information content (AvgIpc) is 2.35. The lowest BCUT2D eigenvalue weighted by Gasteiger charge is -2.18. The molecule has 5 heteroatoms. The molecule has 0 saturated carbocycles. The Bertz CT molecular complexity index is 392. The molecule has 1 atom stereocenters. The van der Waals surface area contributed by atoms with Crippen LogP contribution in [0.1, 0.15) is 6.92 Å². The van der Waals surface area contributed by atoms with Gasteiger partial charge in [-0.05, 0) is 12.1 Å². The molecule has 2 N–H and O–H groups in total. The number of amides is 2. The molecule has 17 heavy (non-hydrogen) atoms. The standard InChI is InChI=1S/C12H16N2O3/c1-9(11(15)16)8-13-12(17)14(2)10-6-4-3-5-7-10/h3-7,9H,8H2,1-2H3,(H,13,17)(H,15,16). The fraction of sp³-hybridized carbons (Fsp3) is 0.333. The molecular formula is C12H16N2O3. The topological polar surface area (TPSA) is 69.6 Å². The van der Waals surface area contributed by atoms with Crippen LogP contribution in [0, 0.1) is 5.92 Å². The number of anilines is 1. The van der Waals surface area contributed by atoms with Crippen molar-refractivity contribution in [2.45, 2.75) is 6.92 Å². The maximum Gasteiger partial charge on any atom is 0.321 e. The van der Waals surface area contributed by atoms with Crippen LogP contribution >= 0.6 is 0 Å². The first kappa shape index (κ1) is 13.0. The summed E-state index contributed by atoms with van der Waals surface area (Å²) in [4.78, 5) is 23.7. The molecule has 0 aliphatic carbocycles. The van der Waals surface area contributed by atoms with Gasteiger partial charge in [0.2, 0.25) is 0 Å². The number of carboxylic acid groups (broad SMARTS) is 1. The van der Waals surface area contributed by atoms with E-state index in [0.29, 0.717) is 0 Å². The maximum atomic E-state index is 11.7. The Morgan fingerprint density at radius 3 is 2.47 bits per heavy atom. The van der Waals surface area contributed by atoms with E-state index in [1.54, 1.807) is 26.1 Å². The van der Waals surface area contributed by atoms with Crippen molar-refractivity contribution in [3.05, 3.63) is 30.3 Å². The van der Waals surface area contributed by atoms with Crippen LogP contribution in [0.2, 0.25) is 0 Å². The number of carbonyl (C=O) groups is 2. The zero-order valence-electron chi connectivity index (χ0n) is 9.88. The second kappa shape index (κ2) is 5.89. The molecule has 0 radical (unpaired) electrons. The fourth-order valence-electron chi connectivity index (χ4n) is 1.22. The van der Waals surface area contributed by atoms with Crippen LogP contribution in [-0.4, -0.2) is 30.7 Å². The van der Waals surface area contributed by atoms with Crippen LogP contribution in [-0.2, 0) is 4.79 Å². The summed E-state index contributed by atoms with van der Waals surface area (Å²) in [7, 11) is 1.64. The first-order valence-corrected chi connectivity index (χ1v) is 5.31. The van der Waals surface area contributed by atoms with Gasteiger partial charge in [-0.25, -0.2) is 4.79 Å². The predicted octanol–water partition coefficient (Wildman–Crippen LogP) is 1.55. The average molecular weight is 236 g/mol. The van der Waals surface area contributed by atoms with E-state index in [4.69, 9.17) is 5.11 Å². The lowest BCUT2D eigenvalue weighted by molar-refractivity contribution is -0.140. The zero-order valence-corrected chi connectivity index (χ0v) is 9.88. The fourth-order valence-corrected chi connectivity index (χ4v) is 1.22. The zero-order chi connectivity index (χ0) is 12.8. The number of rotatable bonds is 4. The molecule has 0 fully saturated rings. The third-order valence-corrected chi connectivity index (χ3v) is 2.43. The Balaban J connectivity index is 2.51. The maximum absolute atomic E-state index is 11.7. The number of nitrogens with zero attached hydrogens (tertiary/aromatic N) is 1. The van der Waals surface area contributed by atoms with Crippen LogP contribution in [0.25, 0.3) is 0 Å². The van der Waals surface area contributed by atoms with Gasteiger partial charge in [0.25, 0.3) is 0 Å². The number of urea groups is 1. The van der Waals surface area contributed by atoms with E-state index in [2.05, 4.69) is 5.32 Å². The van der Waals surface area contributed by atoms with Gasteiger partial charge in [-0.2, -0.15) is 0 Å². The molecule has 1 aromatic carbocycles. The summed E-state index contributed by atoms with van der Waals surface area (Å²) in [5.41, 5.74) is 0.757. The molecule has 1 rings (SSSR count). The minimum absolute atomic E-state index is 0.116. The van der Waals surface area contributed by atoms with E-state index >= 15 is 0 Å². The normalized spacial score (nSPS) is 11.6. The lowest BCUT2D eigenvalue weighted by atomic mass is 10.2. The van der Waals surface area contributed by atoms with Gasteiger partial charge in [-0.3, -0.25) is 9.69 Å². The summed E-state index contributed by atoms with van der Waals surface area (Å²) in [6, 6.07) is 8.82. The molecule has 1 unspecified atom stereocenters. The van der Waals surface area contributed by atoms with Crippen molar-refractivity contribution in [2.75, 3.05) is 18.5 Å². The summed E-state index contributed by atoms with van der Waals surface area (Å²) in [6.07, 6.45) is 0. The molecular weight excluding hydrogens is 220 g/mol. The van der Waals surface area contributed by atoms with Gasteiger partial charge in [0.05, 0.1) is 5.92 Å². The van der Waals surface area contributed by atoms with E-state index < -0.39 is 11.9 Å². The third kappa shape index (κ3) is 3.79. The minimum Gasteiger partial charge on any atom is -0.481 e. The molecule has 0 aromatic heterocycles. The minimum atomic E-state index is -0.923. The highest BCUT2D eigenvalue weighted by atomic mass is 16.4. The molecule has 1 aromatic rings. The first-order chi connectivity index (χ1) is 8.02. The quantitative estimate of drug-likeness (QED) is 0.833. The van der Waals surface area contributed by atoms with Gasteiger partial charge >= 0.3 is 12.0 Å². The van der Waals surface area contributed by atoms with Crippen LogP contribution in [0.15, 0.2) is 30.3 Å². The van der Waals surface area contributed by atoms with Crippen molar-refractivity contribution in [2.24, 2.45) is 5.92 Å². The third-order valence-electron chi connectivity index (χ3n) is 2.43. The number of benzene rings is 1. The van der Waals surface area contributed by atoms with Crippen LogP contribution in [0.4, 0.5) is 10.5 Å². The van der Waals surface area contributed by atoms with Crippen molar-refractivity contribution in [1.29, 1.82) is 0 Å². The van der Waals surface area contributed by atoms with Crippen molar-refractivity contribution in [3.63, 3.8) is 0 Å². The van der Waals surface area contributed by atoms with E-state index in [-0.39, 0.29) is 12.6 Å². The molecule has 0 spiro atoms. The van der Waals surface area contributed by atoms with Crippen molar-refractivity contribution in [1.82, 2.24) is 5.32 Å². The SMILES string of the molecule is CC(CNC(=O)N(C)c1ccccc1)C(=O)O. The first-order valence-electron chi connectivity index (χ1n) is 5.31. The van der Waals surface area contributed by atoms with Gasteiger partial charge in [0.1, 0.15) is 0 Å². The number of aliphatic carboxylic acids is 1. The van der Waals surface area contributed by atoms with Crippen LogP contribution in [0.5, 0.6) is 0 Å². The highest BCUT2D eigenvalue weighted by Crippen LogP contribution is 2.10. The molecule has 0 bridgehead atoms. The molecule has 92 valence electrons. The van der Waals surface area contributed by atoms with Crippen molar-refractivity contribution >= 4 is 17.7 Å². The number of para-hydroxylation sites is 1. The van der Waals surface area contributed by atoms with Gasteiger partial charge in [0.15, 0.2) is 0 Å². The number of nitrogens with one attached hydrogen (secondary N) is 1. The van der Waals surface area contributed by atoms with Gasteiger partial charge in [-0.1, -0.05) is 25.1 Å². The molecule has 0 aliphatic rings. The van der Waals surface area contributed by atoms with E-state index in [0.717, 1.165) is 5.69 Å². The molecule has 0 heterocycles. The number of carboxylic acids is 1. The number of carbonyl (C=O) groups excluding carboxylic acids is 1. The molecule has 2 amide bonds.